The number of nitrogens with zero attached hydrogens (tertiary/aromatic N) is 1. The van der Waals surface area contributed by atoms with E-state index in [1.165, 1.54) is 5.67 Å². The first-order valence-corrected chi connectivity index (χ1v) is 9.55. The van der Waals surface area contributed by atoms with Gasteiger partial charge in [0.15, 0.2) is 0 Å². The number of hydrogen-bond acceptors (Lipinski definition) is 1. The topological polar surface area (TPSA) is 3.24 Å². The van der Waals surface area contributed by atoms with E-state index in [0.717, 1.165) is 0 Å². The fourth-order valence-corrected chi connectivity index (χ4v) is 6.97. The van der Waals surface area contributed by atoms with Crippen LogP contribution in [-0.4, -0.2) is 36.4 Å². The summed E-state index contributed by atoms with van der Waals surface area (Å²) in [5.41, 5.74) is 1.51. The Morgan fingerprint density at radius 1 is 1.42 bits per heavy atom. The highest BCUT2D eigenvalue weighted by molar-refractivity contribution is 6.83. The van der Waals surface area contributed by atoms with Gasteiger partial charge in [0.25, 0.3) is 0 Å². The summed E-state index contributed by atoms with van der Waals surface area (Å²) in [6.45, 7) is 9.37. The molecule has 0 spiro atoms. The average Bonchev–Trinajstić information content (AvgIpc) is 2.00. The van der Waals surface area contributed by atoms with Crippen LogP contribution in [-0.2, 0) is 0 Å². The zero-order chi connectivity index (χ0) is 9.78. The zero-order valence-corrected chi connectivity index (χ0v) is 11.9. The molecule has 0 aliphatic rings. The van der Waals surface area contributed by atoms with Gasteiger partial charge in [0, 0.05) is 9.52 Å². The second kappa shape index (κ2) is 4.99. The standard InChI is InChI=1S/C9H23NSi2/c1-7-9(2)11-8-12(5,6)10(3)4/h7H,8,11H2,1-6H3. The van der Waals surface area contributed by atoms with Gasteiger partial charge in [0.05, 0.1) is 0 Å². The summed E-state index contributed by atoms with van der Waals surface area (Å²) in [6, 6.07) is 0. The maximum absolute atomic E-state index is 2.46. The minimum Gasteiger partial charge on any atom is -0.329 e. The number of hydrogen-bond donors (Lipinski definition) is 0. The Balaban J connectivity index is 3.92. The van der Waals surface area contributed by atoms with Gasteiger partial charge in [0.2, 0.25) is 0 Å². The van der Waals surface area contributed by atoms with Crippen LogP contribution in [0, 0.1) is 0 Å². The van der Waals surface area contributed by atoms with E-state index in [0.29, 0.717) is 0 Å². The molecule has 3 heteroatoms. The maximum atomic E-state index is 2.46. The third-order valence-corrected chi connectivity index (χ3v) is 12.3. The molecule has 0 heterocycles. The Morgan fingerprint density at radius 2 is 1.92 bits per heavy atom. The molecular formula is C9H23NSi2. The van der Waals surface area contributed by atoms with Crippen LogP contribution in [0.25, 0.3) is 0 Å². The Labute approximate surface area is 80.8 Å². The Kier molecular flexibility index (Phi) is 5.05. The van der Waals surface area contributed by atoms with Crippen LogP contribution >= 0.6 is 0 Å². The molecule has 0 bridgehead atoms. The van der Waals surface area contributed by atoms with Crippen molar-refractivity contribution in [1.82, 2.24) is 4.57 Å². The molecule has 0 atom stereocenters. The molecule has 0 rings (SSSR count). The van der Waals surface area contributed by atoms with Crippen molar-refractivity contribution in [2.24, 2.45) is 0 Å². The molecule has 0 aromatic heterocycles. The molecule has 0 aliphatic carbocycles. The van der Waals surface area contributed by atoms with E-state index in [1.807, 2.05) is 0 Å². The second-order valence-electron chi connectivity index (χ2n) is 4.34. The van der Waals surface area contributed by atoms with Crippen LogP contribution in [0.5, 0.6) is 0 Å². The molecule has 0 N–H and O–H groups in total. The monoisotopic (exact) mass is 201 g/mol. The summed E-state index contributed by atoms with van der Waals surface area (Å²) in [5, 5.41) is 1.66. The first-order chi connectivity index (χ1) is 5.40. The lowest BCUT2D eigenvalue weighted by atomic mass is 10.6. The van der Waals surface area contributed by atoms with Crippen LogP contribution < -0.4 is 0 Å². The predicted molar refractivity (Wildman–Crippen MR) is 64.0 cm³/mol. The van der Waals surface area contributed by atoms with Crippen molar-refractivity contribution in [1.29, 1.82) is 0 Å². The number of rotatable bonds is 4. The van der Waals surface area contributed by atoms with Crippen molar-refractivity contribution < 1.29 is 0 Å². The molecule has 0 aromatic carbocycles. The van der Waals surface area contributed by atoms with Gasteiger partial charge >= 0.3 is 0 Å². The van der Waals surface area contributed by atoms with E-state index >= 15 is 0 Å². The van der Waals surface area contributed by atoms with Crippen LogP contribution in [0.15, 0.2) is 11.3 Å². The van der Waals surface area contributed by atoms with Crippen molar-refractivity contribution >= 4 is 17.8 Å². The van der Waals surface area contributed by atoms with Crippen LogP contribution in [0.3, 0.4) is 0 Å². The Morgan fingerprint density at radius 3 is 2.25 bits per heavy atom. The van der Waals surface area contributed by atoms with Gasteiger partial charge in [-0.1, -0.05) is 30.0 Å². The molecule has 0 aliphatic heterocycles. The van der Waals surface area contributed by atoms with E-state index in [9.17, 15) is 0 Å². The molecule has 0 saturated carbocycles. The Bertz CT molecular complexity index is 162. The summed E-state index contributed by atoms with van der Waals surface area (Å²) in [7, 11) is 3.52. The molecule has 0 radical (unpaired) electrons. The van der Waals surface area contributed by atoms with Gasteiger partial charge in [-0.2, -0.15) is 0 Å². The summed E-state index contributed by atoms with van der Waals surface area (Å²) < 4.78 is 2.46. The fraction of sp³-hybridized carbons (Fsp3) is 0.778. The minimum absolute atomic E-state index is 0.0699. The summed E-state index contributed by atoms with van der Waals surface area (Å²) in [6.07, 6.45) is 2.28. The summed E-state index contributed by atoms with van der Waals surface area (Å²) in [5.74, 6) is 0. The van der Waals surface area contributed by atoms with E-state index < -0.39 is 8.24 Å². The molecule has 0 fully saturated rings. The van der Waals surface area contributed by atoms with E-state index in [4.69, 9.17) is 0 Å². The SMILES string of the molecule is CC=C(C)[SiH2]C[Si](C)(C)N(C)C. The van der Waals surface area contributed by atoms with E-state index in [1.54, 1.807) is 5.20 Å². The lowest BCUT2D eigenvalue weighted by molar-refractivity contribution is 0.625. The summed E-state index contributed by atoms with van der Waals surface area (Å²) >= 11 is 0. The van der Waals surface area contributed by atoms with Crippen molar-refractivity contribution in [3.8, 4) is 0 Å². The van der Waals surface area contributed by atoms with Gasteiger partial charge in [-0.05, 0) is 27.9 Å². The van der Waals surface area contributed by atoms with Gasteiger partial charge in [-0.25, -0.2) is 0 Å². The predicted octanol–water partition coefficient (Wildman–Crippen LogP) is 1.80. The third kappa shape index (κ3) is 4.23. The van der Waals surface area contributed by atoms with Crippen LogP contribution in [0.2, 0.25) is 18.8 Å². The molecule has 0 aromatic rings. The van der Waals surface area contributed by atoms with Crippen LogP contribution in [0.1, 0.15) is 13.8 Å². The first-order valence-electron chi connectivity index (χ1n) is 4.69. The van der Waals surface area contributed by atoms with Crippen molar-refractivity contribution in [2.75, 3.05) is 14.1 Å². The molecule has 72 valence electrons. The van der Waals surface area contributed by atoms with Crippen molar-refractivity contribution in [2.45, 2.75) is 32.6 Å². The van der Waals surface area contributed by atoms with Crippen molar-refractivity contribution in [3.63, 3.8) is 0 Å². The number of allylic oxidation sites excluding steroid dienone is 2. The quantitative estimate of drug-likeness (QED) is 0.627. The van der Waals surface area contributed by atoms with Crippen LogP contribution in [0.4, 0.5) is 0 Å². The largest absolute Gasteiger partial charge is 0.329 e. The fourth-order valence-electron chi connectivity index (χ4n) is 0.871. The highest BCUT2D eigenvalue weighted by Crippen LogP contribution is 2.11. The summed E-state index contributed by atoms with van der Waals surface area (Å²) in [4.78, 5) is 0. The van der Waals surface area contributed by atoms with E-state index in [2.05, 4.69) is 51.7 Å². The zero-order valence-electron chi connectivity index (χ0n) is 9.44. The first kappa shape index (κ1) is 12.1. The Hall–Kier alpha value is 0.134. The second-order valence-corrected chi connectivity index (χ2v) is 12.5. The van der Waals surface area contributed by atoms with Gasteiger partial charge in [0.1, 0.15) is 8.24 Å². The highest BCUT2D eigenvalue weighted by Gasteiger charge is 2.22. The molecule has 1 nitrogen and oxygen atoms in total. The average molecular weight is 201 g/mol. The maximum Gasteiger partial charge on any atom is 0.118 e. The third-order valence-electron chi connectivity index (χ3n) is 2.83. The molecular weight excluding hydrogens is 178 g/mol. The lowest BCUT2D eigenvalue weighted by Gasteiger charge is -2.30. The lowest BCUT2D eigenvalue weighted by Crippen LogP contribution is -2.44. The minimum atomic E-state index is -1.01. The molecule has 12 heavy (non-hydrogen) atoms. The van der Waals surface area contributed by atoms with Gasteiger partial charge in [-0.3, -0.25) is 0 Å². The van der Waals surface area contributed by atoms with Gasteiger partial charge < -0.3 is 4.57 Å². The van der Waals surface area contributed by atoms with Gasteiger partial charge in [-0.15, -0.1) is 0 Å². The smallest absolute Gasteiger partial charge is 0.118 e. The molecule has 0 amide bonds. The van der Waals surface area contributed by atoms with Crippen molar-refractivity contribution in [3.05, 3.63) is 11.3 Å². The molecule has 0 unspecified atom stereocenters. The molecule has 0 saturated heterocycles. The normalized spacial score (nSPS) is 15.1. The van der Waals surface area contributed by atoms with E-state index in [-0.39, 0.29) is 9.52 Å². The highest BCUT2D eigenvalue weighted by atomic mass is 28.4.